The number of phenolic OH excluding ortho intramolecular Hbond substituents is 1. The molecule has 0 heterocycles. The number of halogens is 4. The van der Waals surface area contributed by atoms with Crippen LogP contribution in [0.5, 0.6) is 5.75 Å². The number of hydrogen-bond acceptors (Lipinski definition) is 2. The van der Waals surface area contributed by atoms with E-state index in [1.54, 1.807) is 6.92 Å². The first-order chi connectivity index (χ1) is 8.38. The maximum Gasteiger partial charge on any atom is 0.254 e. The summed E-state index contributed by atoms with van der Waals surface area (Å²) in [7, 11) is 0. The van der Waals surface area contributed by atoms with Crippen LogP contribution >= 0.6 is 15.9 Å². The van der Waals surface area contributed by atoms with Crippen molar-refractivity contribution < 1.29 is 23.1 Å². The molecule has 0 saturated carbocycles. The van der Waals surface area contributed by atoms with Crippen LogP contribution in [-0.2, 0) is 0 Å². The summed E-state index contributed by atoms with van der Waals surface area (Å²) in [5.41, 5.74) is -0.729. The van der Waals surface area contributed by atoms with Crippen LogP contribution in [0.15, 0.2) is 6.07 Å². The fourth-order valence-corrected chi connectivity index (χ4v) is 1.98. The van der Waals surface area contributed by atoms with Crippen molar-refractivity contribution in [2.75, 3.05) is 5.33 Å². The Labute approximate surface area is 110 Å². The molecule has 18 heavy (non-hydrogen) atoms. The maximum absolute atomic E-state index is 13.4. The summed E-state index contributed by atoms with van der Waals surface area (Å²) >= 11 is 3.17. The van der Waals surface area contributed by atoms with Gasteiger partial charge in [-0.1, -0.05) is 15.9 Å². The Morgan fingerprint density at radius 1 is 1.44 bits per heavy atom. The lowest BCUT2D eigenvalue weighted by molar-refractivity contribution is 0.0933. The van der Waals surface area contributed by atoms with E-state index < -0.39 is 34.7 Å². The van der Waals surface area contributed by atoms with E-state index in [0.29, 0.717) is 17.8 Å². The molecule has 3 nitrogen and oxygen atoms in total. The molecule has 1 aromatic carbocycles. The molecule has 0 fully saturated rings. The molecular formula is C11H11BrF3NO2. The van der Waals surface area contributed by atoms with Crippen LogP contribution in [-0.4, -0.2) is 22.4 Å². The lowest BCUT2D eigenvalue weighted by atomic mass is 10.1. The second-order valence-electron chi connectivity index (χ2n) is 3.73. The topological polar surface area (TPSA) is 49.3 Å². The third kappa shape index (κ3) is 3.16. The zero-order valence-corrected chi connectivity index (χ0v) is 11.0. The molecule has 1 atom stereocenters. The van der Waals surface area contributed by atoms with E-state index in [2.05, 4.69) is 21.2 Å². The normalized spacial score (nSPS) is 12.3. The van der Waals surface area contributed by atoms with Crippen molar-refractivity contribution >= 4 is 21.8 Å². The molecule has 0 bridgehead atoms. The van der Waals surface area contributed by atoms with Gasteiger partial charge in [-0.25, -0.2) is 8.78 Å². The van der Waals surface area contributed by atoms with Gasteiger partial charge in [-0.05, 0) is 19.4 Å². The van der Waals surface area contributed by atoms with Crippen molar-refractivity contribution in [1.29, 1.82) is 0 Å². The summed E-state index contributed by atoms with van der Waals surface area (Å²) in [4.78, 5) is 11.6. The minimum absolute atomic E-state index is 0.272. The van der Waals surface area contributed by atoms with E-state index in [1.165, 1.54) is 0 Å². The third-order valence-corrected chi connectivity index (χ3v) is 2.76. The number of benzene rings is 1. The van der Waals surface area contributed by atoms with Crippen molar-refractivity contribution in [2.45, 2.75) is 19.4 Å². The average Bonchev–Trinajstić information content (AvgIpc) is 2.31. The number of nitrogens with one attached hydrogen (secondary N) is 1. The lowest BCUT2D eigenvalue weighted by Gasteiger charge is -2.13. The van der Waals surface area contributed by atoms with Gasteiger partial charge in [0.2, 0.25) is 5.82 Å². The van der Waals surface area contributed by atoms with Gasteiger partial charge in [-0.15, -0.1) is 0 Å². The van der Waals surface area contributed by atoms with Crippen LogP contribution in [0.25, 0.3) is 0 Å². The third-order valence-electron chi connectivity index (χ3n) is 2.30. The number of carbonyl (C=O) groups excluding carboxylic acids is 1. The lowest BCUT2D eigenvalue weighted by Crippen LogP contribution is -2.33. The Bertz CT molecular complexity index is 468. The SMILES string of the molecule is CC(CCBr)NC(=O)c1cc(F)c(F)c(O)c1F. The molecule has 0 aliphatic carbocycles. The Morgan fingerprint density at radius 2 is 2.06 bits per heavy atom. The van der Waals surface area contributed by atoms with E-state index in [-0.39, 0.29) is 6.04 Å². The quantitative estimate of drug-likeness (QED) is 0.660. The standard InChI is InChI=1S/C11H11BrF3NO2/c1-5(2-3-12)16-11(18)6-4-7(13)9(15)10(17)8(6)14/h4-5,17H,2-3H2,1H3,(H,16,18). The molecule has 0 radical (unpaired) electrons. The molecule has 1 unspecified atom stereocenters. The number of carbonyl (C=O) groups is 1. The minimum atomic E-state index is -1.71. The second-order valence-corrected chi connectivity index (χ2v) is 4.53. The summed E-state index contributed by atoms with van der Waals surface area (Å²) in [6, 6.07) is 0.146. The summed E-state index contributed by atoms with van der Waals surface area (Å²) in [6.07, 6.45) is 0.586. The number of rotatable bonds is 4. The van der Waals surface area contributed by atoms with Crippen molar-refractivity contribution in [3.63, 3.8) is 0 Å². The van der Waals surface area contributed by atoms with E-state index in [4.69, 9.17) is 5.11 Å². The first-order valence-electron chi connectivity index (χ1n) is 5.11. The van der Waals surface area contributed by atoms with Crippen LogP contribution in [0.4, 0.5) is 13.2 Å². The van der Waals surface area contributed by atoms with Gasteiger partial charge < -0.3 is 10.4 Å². The summed E-state index contributed by atoms with van der Waals surface area (Å²) in [6.45, 7) is 1.68. The fourth-order valence-electron chi connectivity index (χ4n) is 1.29. The van der Waals surface area contributed by atoms with E-state index in [9.17, 15) is 18.0 Å². The highest BCUT2D eigenvalue weighted by Gasteiger charge is 2.23. The van der Waals surface area contributed by atoms with Gasteiger partial charge in [0.05, 0.1) is 5.56 Å². The molecule has 1 amide bonds. The maximum atomic E-state index is 13.4. The van der Waals surface area contributed by atoms with Gasteiger partial charge in [0, 0.05) is 11.4 Å². The van der Waals surface area contributed by atoms with Crippen molar-refractivity contribution in [3.8, 4) is 5.75 Å². The van der Waals surface area contributed by atoms with Crippen LogP contribution in [0.3, 0.4) is 0 Å². The predicted octanol–water partition coefficient (Wildman–Crippen LogP) is 2.71. The Kier molecular flexibility index (Phi) is 5.01. The minimum Gasteiger partial charge on any atom is -0.503 e. The Hall–Kier alpha value is -1.24. The summed E-state index contributed by atoms with van der Waals surface area (Å²) < 4.78 is 39.2. The van der Waals surface area contributed by atoms with Gasteiger partial charge in [-0.2, -0.15) is 4.39 Å². The zero-order chi connectivity index (χ0) is 13.9. The number of aromatic hydroxyl groups is 1. The van der Waals surface area contributed by atoms with Gasteiger partial charge in [-0.3, -0.25) is 4.79 Å². The Morgan fingerprint density at radius 3 is 2.61 bits per heavy atom. The molecular weight excluding hydrogens is 315 g/mol. The number of alkyl halides is 1. The first kappa shape index (κ1) is 14.8. The first-order valence-corrected chi connectivity index (χ1v) is 6.24. The molecule has 100 valence electrons. The largest absolute Gasteiger partial charge is 0.503 e. The highest BCUT2D eigenvalue weighted by molar-refractivity contribution is 9.09. The average molecular weight is 326 g/mol. The van der Waals surface area contributed by atoms with Crippen molar-refractivity contribution in [2.24, 2.45) is 0 Å². The van der Waals surface area contributed by atoms with Crippen LogP contribution in [0.1, 0.15) is 23.7 Å². The molecule has 0 aliphatic heterocycles. The van der Waals surface area contributed by atoms with E-state index in [1.807, 2.05) is 0 Å². The highest BCUT2D eigenvalue weighted by atomic mass is 79.9. The van der Waals surface area contributed by atoms with Crippen LogP contribution in [0, 0.1) is 17.5 Å². The molecule has 0 spiro atoms. The predicted molar refractivity (Wildman–Crippen MR) is 63.3 cm³/mol. The van der Waals surface area contributed by atoms with Gasteiger partial charge >= 0.3 is 0 Å². The van der Waals surface area contributed by atoms with E-state index in [0.717, 1.165) is 0 Å². The molecule has 0 saturated heterocycles. The highest BCUT2D eigenvalue weighted by Crippen LogP contribution is 2.25. The fraction of sp³-hybridized carbons (Fsp3) is 0.364. The summed E-state index contributed by atoms with van der Waals surface area (Å²) in [5, 5.41) is 12.0. The molecule has 7 heteroatoms. The van der Waals surface area contributed by atoms with Crippen molar-refractivity contribution in [1.82, 2.24) is 5.32 Å². The zero-order valence-electron chi connectivity index (χ0n) is 9.44. The molecule has 0 aromatic heterocycles. The number of phenols is 1. The van der Waals surface area contributed by atoms with Gasteiger partial charge in [0.15, 0.2) is 17.4 Å². The molecule has 2 N–H and O–H groups in total. The van der Waals surface area contributed by atoms with Gasteiger partial charge in [0.25, 0.3) is 5.91 Å². The monoisotopic (exact) mass is 325 g/mol. The molecule has 0 aliphatic rings. The smallest absolute Gasteiger partial charge is 0.254 e. The molecule has 1 aromatic rings. The van der Waals surface area contributed by atoms with Crippen molar-refractivity contribution in [3.05, 3.63) is 29.1 Å². The van der Waals surface area contributed by atoms with E-state index >= 15 is 0 Å². The summed E-state index contributed by atoms with van der Waals surface area (Å²) in [5.74, 6) is -7.06. The number of hydrogen-bond donors (Lipinski definition) is 2. The van der Waals surface area contributed by atoms with Gasteiger partial charge in [0.1, 0.15) is 0 Å². The Balaban J connectivity index is 3.00. The van der Waals surface area contributed by atoms with Crippen LogP contribution < -0.4 is 5.32 Å². The van der Waals surface area contributed by atoms with Crippen LogP contribution in [0.2, 0.25) is 0 Å². The second kappa shape index (κ2) is 6.08. The number of amides is 1. The molecule has 1 rings (SSSR count).